The number of H-pyrrole nitrogens is 1. The molecule has 0 aliphatic rings. The molecule has 0 unspecified atom stereocenters. The van der Waals surface area contributed by atoms with Gasteiger partial charge in [-0.3, -0.25) is 24.0 Å². The molecule has 0 bridgehead atoms. The van der Waals surface area contributed by atoms with Gasteiger partial charge in [-0.05, 0) is 24.3 Å². The molecule has 1 aromatic heterocycles. The van der Waals surface area contributed by atoms with Crippen molar-refractivity contribution in [2.45, 2.75) is 4.90 Å². The molecule has 1 heterocycles. The van der Waals surface area contributed by atoms with Crippen molar-refractivity contribution in [3.05, 3.63) is 56.7 Å². The van der Waals surface area contributed by atoms with Gasteiger partial charge in [-0.25, -0.2) is 17.5 Å². The number of aromatic nitrogens is 1. The van der Waals surface area contributed by atoms with E-state index in [1.54, 1.807) is 0 Å². The number of benzene rings is 2. The zero-order valence-electron chi connectivity index (χ0n) is 18.0. The van der Waals surface area contributed by atoms with Gasteiger partial charge < -0.3 is 24.6 Å². The second-order valence-corrected chi connectivity index (χ2v) is 11.6. The molecule has 0 amide bonds. The van der Waals surface area contributed by atoms with Gasteiger partial charge >= 0.3 is 15.6 Å². The SMILES string of the molecule is O=c1c2cc([N+](=O)[O-])ccc2[nH]c2ccc(S(=O)(=O)N(CCOP(=O)(O)O)CCOP(=O)(O)O)cc12. The van der Waals surface area contributed by atoms with Crippen LogP contribution in [0.4, 0.5) is 5.69 Å². The Labute approximate surface area is 201 Å². The van der Waals surface area contributed by atoms with Gasteiger partial charge in [0.25, 0.3) is 5.69 Å². The number of nitrogens with one attached hydrogen (secondary N) is 1. The number of nitro groups is 1. The average Bonchev–Trinajstić information content (AvgIpc) is 2.76. The standard InChI is InChI=1S/C17H19N3O13P2S/c21-17-13-9-11(20(22)23)1-3-15(13)18-16-4-2-12(10-14(16)17)36(30,31)19(5-7-32-34(24,25)26)6-8-33-35(27,28)29/h1-4,9-10H,5-8H2,(H,18,21)(H2,24,25,26)(H2,27,28,29). The summed E-state index contributed by atoms with van der Waals surface area (Å²) in [6.45, 7) is -2.84. The molecule has 0 aliphatic carbocycles. The Bertz CT molecular complexity index is 1550. The largest absolute Gasteiger partial charge is 0.469 e. The minimum atomic E-state index is -4.94. The highest BCUT2D eigenvalue weighted by molar-refractivity contribution is 7.89. The summed E-state index contributed by atoms with van der Waals surface area (Å²) in [7, 11) is -14.4. The molecular formula is C17H19N3O13P2S. The van der Waals surface area contributed by atoms with Gasteiger partial charge in [0.05, 0.1) is 33.9 Å². The van der Waals surface area contributed by atoms with Crippen molar-refractivity contribution < 1.29 is 51.1 Å². The van der Waals surface area contributed by atoms with Crippen molar-refractivity contribution in [1.29, 1.82) is 0 Å². The summed E-state index contributed by atoms with van der Waals surface area (Å²) in [6.07, 6.45) is 0. The number of aromatic amines is 1. The number of non-ortho nitro benzene ring substituents is 1. The molecular weight excluding hydrogens is 548 g/mol. The predicted molar refractivity (Wildman–Crippen MR) is 123 cm³/mol. The van der Waals surface area contributed by atoms with Crippen molar-refractivity contribution in [3.8, 4) is 0 Å². The fraction of sp³-hybridized carbons (Fsp3) is 0.235. The minimum absolute atomic E-state index is 0.0619. The molecule has 0 saturated carbocycles. The molecule has 2 aromatic carbocycles. The van der Waals surface area contributed by atoms with E-state index in [1.807, 2.05) is 0 Å². The zero-order valence-corrected chi connectivity index (χ0v) is 20.6. The Morgan fingerprint density at radius 2 is 1.42 bits per heavy atom. The van der Waals surface area contributed by atoms with Crippen LogP contribution in [0.15, 0.2) is 46.1 Å². The molecule has 0 radical (unpaired) electrons. The van der Waals surface area contributed by atoms with Gasteiger partial charge in [-0.1, -0.05) is 0 Å². The molecule has 3 rings (SSSR count). The molecule has 0 aliphatic heterocycles. The smallest absolute Gasteiger partial charge is 0.354 e. The molecule has 0 saturated heterocycles. The Kier molecular flexibility index (Phi) is 8.12. The van der Waals surface area contributed by atoms with E-state index in [2.05, 4.69) is 14.0 Å². The topological polar surface area (TPSA) is 247 Å². The summed E-state index contributed by atoms with van der Waals surface area (Å²) in [6, 6.07) is 6.98. The summed E-state index contributed by atoms with van der Waals surface area (Å²) < 4.78 is 57.4. The number of rotatable bonds is 11. The van der Waals surface area contributed by atoms with E-state index < -0.39 is 67.2 Å². The number of fused-ring (bicyclic) bond motifs is 2. The fourth-order valence-electron chi connectivity index (χ4n) is 3.24. The van der Waals surface area contributed by atoms with Crippen LogP contribution < -0.4 is 5.43 Å². The lowest BCUT2D eigenvalue weighted by Gasteiger charge is -2.22. The van der Waals surface area contributed by atoms with Crippen molar-refractivity contribution in [2.75, 3.05) is 26.3 Å². The van der Waals surface area contributed by atoms with Crippen molar-refractivity contribution in [1.82, 2.24) is 9.29 Å². The van der Waals surface area contributed by atoms with Gasteiger partial charge in [0, 0.05) is 36.1 Å². The number of hydrogen-bond acceptors (Lipinski definition) is 9. The van der Waals surface area contributed by atoms with Crippen LogP contribution in [0.5, 0.6) is 0 Å². The summed E-state index contributed by atoms with van der Waals surface area (Å²) in [5.41, 5.74) is -0.542. The highest BCUT2D eigenvalue weighted by Crippen LogP contribution is 2.36. The maximum atomic E-state index is 13.2. The quantitative estimate of drug-likeness (QED) is 0.0932. The minimum Gasteiger partial charge on any atom is -0.354 e. The maximum absolute atomic E-state index is 13.2. The maximum Gasteiger partial charge on any atom is 0.469 e. The molecule has 0 atom stereocenters. The highest BCUT2D eigenvalue weighted by Gasteiger charge is 2.27. The van der Waals surface area contributed by atoms with E-state index in [-0.39, 0.29) is 27.5 Å². The number of phosphoric ester groups is 2. The third kappa shape index (κ3) is 6.80. The molecule has 0 spiro atoms. The first-order valence-electron chi connectivity index (χ1n) is 9.73. The molecule has 19 heteroatoms. The number of nitrogens with zero attached hydrogens (tertiary/aromatic N) is 2. The van der Waals surface area contributed by atoms with E-state index in [1.165, 1.54) is 18.2 Å². The van der Waals surface area contributed by atoms with Gasteiger partial charge in [-0.15, -0.1) is 0 Å². The van der Waals surface area contributed by atoms with E-state index in [4.69, 9.17) is 19.6 Å². The van der Waals surface area contributed by atoms with Crippen LogP contribution in [0.3, 0.4) is 0 Å². The van der Waals surface area contributed by atoms with Gasteiger partial charge in [0.15, 0.2) is 5.43 Å². The monoisotopic (exact) mass is 567 g/mol. The summed E-state index contributed by atoms with van der Waals surface area (Å²) in [4.78, 5) is 61.2. The van der Waals surface area contributed by atoms with Crippen LogP contribution in [-0.2, 0) is 28.2 Å². The molecule has 36 heavy (non-hydrogen) atoms. The van der Waals surface area contributed by atoms with Crippen LogP contribution in [-0.4, -0.2) is 68.5 Å². The van der Waals surface area contributed by atoms with E-state index in [0.29, 0.717) is 4.31 Å². The Morgan fingerprint density at radius 1 is 0.917 bits per heavy atom. The average molecular weight is 567 g/mol. The Morgan fingerprint density at radius 3 is 1.92 bits per heavy atom. The summed E-state index contributed by atoms with van der Waals surface area (Å²) in [5.74, 6) is 0. The van der Waals surface area contributed by atoms with Gasteiger partial charge in [-0.2, -0.15) is 4.31 Å². The first-order valence-corrected chi connectivity index (χ1v) is 14.2. The number of pyridine rings is 1. The summed E-state index contributed by atoms with van der Waals surface area (Å²) >= 11 is 0. The number of phosphoric acid groups is 2. The normalized spacial score (nSPS) is 13.0. The second-order valence-electron chi connectivity index (χ2n) is 7.20. The number of hydrogen-bond donors (Lipinski definition) is 5. The lowest BCUT2D eigenvalue weighted by molar-refractivity contribution is -0.384. The fourth-order valence-corrected chi connectivity index (χ4v) is 5.31. The van der Waals surface area contributed by atoms with Gasteiger partial charge in [0.2, 0.25) is 10.0 Å². The lowest BCUT2D eigenvalue weighted by Crippen LogP contribution is -2.36. The molecule has 0 fully saturated rings. The molecule has 5 N–H and O–H groups in total. The van der Waals surface area contributed by atoms with Crippen LogP contribution in [0.1, 0.15) is 0 Å². The Hall–Kier alpha value is -2.56. The van der Waals surface area contributed by atoms with Crippen LogP contribution in [0, 0.1) is 10.1 Å². The van der Waals surface area contributed by atoms with Gasteiger partial charge in [0.1, 0.15) is 0 Å². The van der Waals surface area contributed by atoms with E-state index in [9.17, 15) is 32.5 Å². The van der Waals surface area contributed by atoms with E-state index in [0.717, 1.165) is 18.2 Å². The van der Waals surface area contributed by atoms with Crippen LogP contribution in [0.2, 0.25) is 0 Å². The van der Waals surface area contributed by atoms with Crippen molar-refractivity contribution in [2.24, 2.45) is 0 Å². The third-order valence-electron chi connectivity index (χ3n) is 4.80. The summed E-state index contributed by atoms with van der Waals surface area (Å²) in [5, 5.41) is 10.9. The third-order valence-corrected chi connectivity index (χ3v) is 7.73. The molecule has 196 valence electrons. The molecule has 16 nitrogen and oxygen atoms in total. The first-order chi connectivity index (χ1) is 16.6. The molecule has 3 aromatic rings. The van der Waals surface area contributed by atoms with Crippen LogP contribution in [0.25, 0.3) is 21.8 Å². The second kappa shape index (κ2) is 10.4. The van der Waals surface area contributed by atoms with Crippen molar-refractivity contribution in [3.63, 3.8) is 0 Å². The highest BCUT2D eigenvalue weighted by atomic mass is 32.2. The first kappa shape index (κ1) is 28.0. The number of nitro benzene ring substituents is 1. The van der Waals surface area contributed by atoms with Crippen molar-refractivity contribution >= 4 is 53.2 Å². The zero-order chi connectivity index (χ0) is 26.9. The number of sulfonamides is 1. The van der Waals surface area contributed by atoms with Crippen LogP contribution >= 0.6 is 15.6 Å². The lowest BCUT2D eigenvalue weighted by atomic mass is 10.1. The Balaban J connectivity index is 2.03. The predicted octanol–water partition coefficient (Wildman–Crippen LogP) is 0.799. The van der Waals surface area contributed by atoms with E-state index >= 15 is 0 Å².